The number of nitrogens with one attached hydrogen (secondary N) is 1. The van der Waals surface area contributed by atoms with Crippen molar-refractivity contribution >= 4 is 5.84 Å². The van der Waals surface area contributed by atoms with Crippen molar-refractivity contribution in [2.24, 2.45) is 17.1 Å². The molecule has 16 heavy (non-hydrogen) atoms. The van der Waals surface area contributed by atoms with Crippen molar-refractivity contribution in [2.45, 2.75) is 33.1 Å². The Labute approximate surface area is 98.3 Å². The molecule has 1 aliphatic heterocycles. The van der Waals surface area contributed by atoms with E-state index < -0.39 is 0 Å². The highest BCUT2D eigenvalue weighted by Crippen LogP contribution is 2.22. The molecule has 1 aliphatic rings. The maximum absolute atomic E-state index is 9.14. The van der Waals surface area contributed by atoms with Crippen LogP contribution in [0.25, 0.3) is 0 Å². The Morgan fingerprint density at radius 3 is 2.81 bits per heavy atom. The van der Waals surface area contributed by atoms with Gasteiger partial charge in [0.2, 0.25) is 0 Å². The zero-order valence-electron chi connectivity index (χ0n) is 10.5. The van der Waals surface area contributed by atoms with Gasteiger partial charge in [-0.2, -0.15) is 0 Å². The predicted octanol–water partition coefficient (Wildman–Crippen LogP) is 1.04. The summed E-state index contributed by atoms with van der Waals surface area (Å²) in [5, 5.41) is 16.7. The number of piperidine rings is 1. The van der Waals surface area contributed by atoms with Gasteiger partial charge < -0.3 is 15.7 Å². The topological polar surface area (TPSA) is 73.3 Å². The summed E-state index contributed by atoms with van der Waals surface area (Å²) in [5.41, 5.74) is 5.36. The average molecular weight is 227 g/mol. The van der Waals surface area contributed by atoms with Crippen LogP contribution in [0.3, 0.4) is 0 Å². The molecule has 4 nitrogen and oxygen atoms in total. The molecule has 0 spiro atoms. The van der Waals surface area contributed by atoms with Crippen LogP contribution in [0.2, 0.25) is 0 Å². The van der Waals surface area contributed by atoms with E-state index in [0.717, 1.165) is 32.5 Å². The van der Waals surface area contributed by atoms with E-state index in [4.69, 9.17) is 16.2 Å². The minimum Gasteiger partial charge on any atom is -0.396 e. The molecule has 94 valence electrons. The van der Waals surface area contributed by atoms with Crippen molar-refractivity contribution in [3.05, 3.63) is 0 Å². The van der Waals surface area contributed by atoms with Gasteiger partial charge in [0.1, 0.15) is 0 Å². The van der Waals surface area contributed by atoms with Gasteiger partial charge in [-0.15, -0.1) is 0 Å². The summed E-state index contributed by atoms with van der Waals surface area (Å²) >= 11 is 0. The molecule has 1 fully saturated rings. The highest BCUT2D eigenvalue weighted by atomic mass is 16.3. The third kappa shape index (κ3) is 3.76. The van der Waals surface area contributed by atoms with Gasteiger partial charge in [-0.1, -0.05) is 13.8 Å². The molecule has 1 heterocycles. The van der Waals surface area contributed by atoms with E-state index in [1.54, 1.807) is 0 Å². The summed E-state index contributed by atoms with van der Waals surface area (Å²) in [4.78, 5) is 2.38. The summed E-state index contributed by atoms with van der Waals surface area (Å²) in [5.74, 6) is 0.706. The second-order valence-electron chi connectivity index (χ2n) is 5.54. The van der Waals surface area contributed by atoms with Gasteiger partial charge in [-0.25, -0.2) is 0 Å². The van der Waals surface area contributed by atoms with Crippen LogP contribution in [0.15, 0.2) is 0 Å². The monoisotopic (exact) mass is 227 g/mol. The van der Waals surface area contributed by atoms with Gasteiger partial charge in [-0.05, 0) is 38.3 Å². The summed E-state index contributed by atoms with van der Waals surface area (Å²) in [6.07, 6.45) is 3.23. The molecular formula is C12H25N3O. The number of aliphatic hydroxyl groups is 1. The summed E-state index contributed by atoms with van der Waals surface area (Å²) in [6.45, 7) is 7.41. The van der Waals surface area contributed by atoms with Gasteiger partial charge in [0.25, 0.3) is 0 Å². The zero-order valence-corrected chi connectivity index (χ0v) is 10.5. The molecule has 1 rings (SSSR count). The molecule has 0 radical (unpaired) electrons. The molecule has 0 aromatic heterocycles. The van der Waals surface area contributed by atoms with Crippen LogP contribution in [0.5, 0.6) is 0 Å². The van der Waals surface area contributed by atoms with Crippen LogP contribution in [0, 0.1) is 16.7 Å². The Balaban J connectivity index is 2.35. The minimum atomic E-state index is -0.202. The minimum absolute atomic E-state index is 0.202. The second kappa shape index (κ2) is 5.64. The third-order valence-corrected chi connectivity index (χ3v) is 3.64. The van der Waals surface area contributed by atoms with Gasteiger partial charge in [0.15, 0.2) is 0 Å². The first-order valence-electron chi connectivity index (χ1n) is 6.13. The first kappa shape index (κ1) is 13.5. The van der Waals surface area contributed by atoms with Crippen molar-refractivity contribution in [3.8, 4) is 0 Å². The van der Waals surface area contributed by atoms with Crippen molar-refractivity contribution in [1.82, 2.24) is 4.90 Å². The third-order valence-electron chi connectivity index (χ3n) is 3.64. The largest absolute Gasteiger partial charge is 0.396 e. The molecule has 0 aromatic carbocycles. The van der Waals surface area contributed by atoms with E-state index in [1.165, 1.54) is 6.42 Å². The van der Waals surface area contributed by atoms with Crippen LogP contribution >= 0.6 is 0 Å². The molecule has 4 heteroatoms. The number of aliphatic hydroxyl groups excluding tert-OH is 1. The van der Waals surface area contributed by atoms with Crippen LogP contribution < -0.4 is 5.73 Å². The second-order valence-corrected chi connectivity index (χ2v) is 5.54. The highest BCUT2D eigenvalue weighted by molar-refractivity contribution is 5.82. The van der Waals surface area contributed by atoms with Gasteiger partial charge >= 0.3 is 0 Å². The standard InChI is InChI=1S/C12H25N3O/c1-12(2,11(13)14)5-7-15-6-3-4-10(8-15)9-16/h10,16H,3-9H2,1-2H3,(H3,13,14). The van der Waals surface area contributed by atoms with E-state index in [0.29, 0.717) is 12.5 Å². The van der Waals surface area contributed by atoms with Crippen molar-refractivity contribution < 1.29 is 5.11 Å². The number of hydrogen-bond acceptors (Lipinski definition) is 3. The molecule has 0 aliphatic carbocycles. The normalized spacial score (nSPS) is 23.3. The molecular weight excluding hydrogens is 202 g/mol. The van der Waals surface area contributed by atoms with Crippen LogP contribution in [-0.4, -0.2) is 42.1 Å². The van der Waals surface area contributed by atoms with Gasteiger partial charge in [0.05, 0.1) is 5.84 Å². The lowest BCUT2D eigenvalue weighted by Crippen LogP contribution is -2.40. The molecule has 0 bridgehead atoms. The summed E-state index contributed by atoms with van der Waals surface area (Å²) in [6, 6.07) is 0. The Bertz CT molecular complexity index is 240. The number of hydrogen-bond donors (Lipinski definition) is 3. The van der Waals surface area contributed by atoms with Crippen molar-refractivity contribution in [2.75, 3.05) is 26.2 Å². The van der Waals surface area contributed by atoms with Crippen LogP contribution in [-0.2, 0) is 0 Å². The molecule has 1 saturated heterocycles. The number of nitrogens with two attached hydrogens (primary N) is 1. The lowest BCUT2D eigenvalue weighted by atomic mass is 9.87. The zero-order chi connectivity index (χ0) is 12.2. The fraction of sp³-hybridized carbons (Fsp3) is 0.917. The van der Waals surface area contributed by atoms with Crippen molar-refractivity contribution in [1.29, 1.82) is 5.41 Å². The number of rotatable bonds is 5. The fourth-order valence-electron chi connectivity index (χ4n) is 2.08. The molecule has 1 unspecified atom stereocenters. The smallest absolute Gasteiger partial charge is 0.0963 e. The summed E-state index contributed by atoms with van der Waals surface area (Å²) < 4.78 is 0. The highest BCUT2D eigenvalue weighted by Gasteiger charge is 2.24. The first-order chi connectivity index (χ1) is 7.45. The maximum atomic E-state index is 9.14. The predicted molar refractivity (Wildman–Crippen MR) is 66.6 cm³/mol. The van der Waals surface area contributed by atoms with Gasteiger partial charge in [0, 0.05) is 18.6 Å². The number of amidine groups is 1. The molecule has 0 aromatic rings. The SMILES string of the molecule is CC(C)(CCN1CCCC(CO)C1)C(=N)N. The fourth-order valence-corrected chi connectivity index (χ4v) is 2.08. The molecule has 0 amide bonds. The number of likely N-dealkylation sites (tertiary alicyclic amines) is 1. The van der Waals surface area contributed by atoms with E-state index in [1.807, 2.05) is 13.8 Å². The van der Waals surface area contributed by atoms with E-state index in [2.05, 4.69) is 4.90 Å². The molecule has 4 N–H and O–H groups in total. The Morgan fingerprint density at radius 2 is 2.25 bits per heavy atom. The summed E-state index contributed by atoms with van der Waals surface area (Å²) in [7, 11) is 0. The average Bonchev–Trinajstić information content (AvgIpc) is 2.26. The van der Waals surface area contributed by atoms with Crippen LogP contribution in [0.1, 0.15) is 33.1 Å². The van der Waals surface area contributed by atoms with E-state index in [9.17, 15) is 0 Å². The van der Waals surface area contributed by atoms with Crippen molar-refractivity contribution in [3.63, 3.8) is 0 Å². The Morgan fingerprint density at radius 1 is 1.56 bits per heavy atom. The molecule has 1 atom stereocenters. The quantitative estimate of drug-likeness (QED) is 0.485. The lowest BCUT2D eigenvalue weighted by Gasteiger charge is -2.34. The van der Waals surface area contributed by atoms with E-state index >= 15 is 0 Å². The number of nitrogens with zero attached hydrogens (tertiary/aromatic N) is 1. The van der Waals surface area contributed by atoms with Gasteiger partial charge in [-0.3, -0.25) is 5.41 Å². The van der Waals surface area contributed by atoms with Crippen LogP contribution in [0.4, 0.5) is 0 Å². The maximum Gasteiger partial charge on any atom is 0.0963 e. The van der Waals surface area contributed by atoms with E-state index in [-0.39, 0.29) is 11.3 Å². The lowest BCUT2D eigenvalue weighted by molar-refractivity contribution is 0.114. The molecule has 0 saturated carbocycles. The first-order valence-corrected chi connectivity index (χ1v) is 6.13. The Kier molecular flexibility index (Phi) is 4.74. The Hall–Kier alpha value is -0.610.